The van der Waals surface area contributed by atoms with Crippen LogP contribution in [-0.2, 0) is 0 Å². The largest absolute Gasteiger partial charge is 0.323 e. The first kappa shape index (κ1) is 14.7. The van der Waals surface area contributed by atoms with E-state index in [4.69, 9.17) is 11.0 Å². The van der Waals surface area contributed by atoms with E-state index in [1.165, 1.54) is 6.20 Å². The fourth-order valence-electron chi connectivity index (χ4n) is 0.741. The normalized spacial score (nSPS) is 10.2. The molecule has 13 heavy (non-hydrogen) atoms. The molecule has 1 atom stereocenters. The summed E-state index contributed by atoms with van der Waals surface area (Å²) in [5.74, 6) is 0. The third-order valence-electron chi connectivity index (χ3n) is 1.38. The van der Waals surface area contributed by atoms with Crippen LogP contribution in [-0.4, -0.2) is 4.98 Å². The highest BCUT2D eigenvalue weighted by molar-refractivity contribution is 5.85. The van der Waals surface area contributed by atoms with Crippen LogP contribution in [0.5, 0.6) is 0 Å². The molecule has 0 unspecified atom stereocenters. The lowest BCUT2D eigenvalue weighted by molar-refractivity contribution is 0.780. The SMILES string of the molecule is C[C@@H](N)c1ccc(C#N)cn1.Cl.Cl. The van der Waals surface area contributed by atoms with Crippen LogP contribution in [0.15, 0.2) is 18.3 Å². The Hall–Kier alpha value is -0.820. The van der Waals surface area contributed by atoms with Crippen LogP contribution in [0.3, 0.4) is 0 Å². The average molecular weight is 220 g/mol. The van der Waals surface area contributed by atoms with E-state index in [2.05, 4.69) is 4.98 Å². The quantitative estimate of drug-likeness (QED) is 0.784. The summed E-state index contributed by atoms with van der Waals surface area (Å²) in [5, 5.41) is 8.45. The van der Waals surface area contributed by atoms with Crippen molar-refractivity contribution in [3.8, 4) is 6.07 Å². The average Bonchev–Trinajstić information content (AvgIpc) is 2.05. The molecule has 0 aliphatic rings. The molecule has 2 N–H and O–H groups in total. The van der Waals surface area contributed by atoms with Gasteiger partial charge in [-0.2, -0.15) is 5.26 Å². The number of rotatable bonds is 1. The summed E-state index contributed by atoms with van der Waals surface area (Å²) in [5.41, 5.74) is 6.93. The Balaban J connectivity index is 0. The smallest absolute Gasteiger partial charge is 0.101 e. The van der Waals surface area contributed by atoms with Gasteiger partial charge in [-0.3, -0.25) is 4.98 Å². The lowest BCUT2D eigenvalue weighted by atomic mass is 10.2. The molecule has 0 aromatic carbocycles. The number of aromatic nitrogens is 1. The highest BCUT2D eigenvalue weighted by atomic mass is 35.5. The van der Waals surface area contributed by atoms with Crippen molar-refractivity contribution in [2.75, 3.05) is 0 Å². The van der Waals surface area contributed by atoms with Gasteiger partial charge in [-0.15, -0.1) is 24.8 Å². The Morgan fingerprint density at radius 2 is 2.08 bits per heavy atom. The fraction of sp³-hybridized carbons (Fsp3) is 0.250. The number of hydrogen-bond donors (Lipinski definition) is 1. The Labute approximate surface area is 89.8 Å². The molecule has 5 heteroatoms. The molecule has 1 aromatic rings. The lowest BCUT2D eigenvalue weighted by Gasteiger charge is -2.01. The van der Waals surface area contributed by atoms with Crippen LogP contribution in [0.1, 0.15) is 24.2 Å². The fourth-order valence-corrected chi connectivity index (χ4v) is 0.741. The summed E-state index contributed by atoms with van der Waals surface area (Å²) in [6.45, 7) is 1.86. The summed E-state index contributed by atoms with van der Waals surface area (Å²) in [7, 11) is 0. The third-order valence-corrected chi connectivity index (χ3v) is 1.38. The van der Waals surface area contributed by atoms with Crippen LogP contribution in [0, 0.1) is 11.3 Å². The van der Waals surface area contributed by atoms with Crippen LogP contribution in [0.4, 0.5) is 0 Å². The topological polar surface area (TPSA) is 62.7 Å². The first-order chi connectivity index (χ1) is 5.24. The molecule has 0 aliphatic carbocycles. The summed E-state index contributed by atoms with van der Waals surface area (Å²) in [4.78, 5) is 4.00. The van der Waals surface area contributed by atoms with Crippen LogP contribution in [0.2, 0.25) is 0 Å². The van der Waals surface area contributed by atoms with Crippen molar-refractivity contribution in [3.63, 3.8) is 0 Å². The standard InChI is InChI=1S/C8H9N3.2ClH/c1-6(10)8-3-2-7(4-9)5-11-8;;/h2-3,5-6H,10H2,1H3;2*1H/t6-;;/m1../s1. The van der Waals surface area contributed by atoms with Crippen LogP contribution in [0.25, 0.3) is 0 Å². The number of pyridine rings is 1. The van der Waals surface area contributed by atoms with Gasteiger partial charge in [-0.1, -0.05) is 0 Å². The van der Waals surface area contributed by atoms with Crippen molar-refractivity contribution >= 4 is 24.8 Å². The van der Waals surface area contributed by atoms with E-state index in [-0.39, 0.29) is 30.9 Å². The summed E-state index contributed by atoms with van der Waals surface area (Å²) in [6.07, 6.45) is 1.53. The highest BCUT2D eigenvalue weighted by Gasteiger charge is 1.98. The van der Waals surface area contributed by atoms with E-state index in [1.54, 1.807) is 12.1 Å². The Bertz CT molecular complexity index is 276. The van der Waals surface area contributed by atoms with Gasteiger partial charge in [0.05, 0.1) is 11.3 Å². The second-order valence-electron chi connectivity index (χ2n) is 2.37. The predicted molar refractivity (Wildman–Crippen MR) is 56.1 cm³/mol. The van der Waals surface area contributed by atoms with Crippen LogP contribution < -0.4 is 5.73 Å². The molecular weight excluding hydrogens is 209 g/mol. The van der Waals surface area contributed by atoms with Gasteiger partial charge in [0.1, 0.15) is 6.07 Å². The highest BCUT2D eigenvalue weighted by Crippen LogP contribution is 2.05. The van der Waals surface area contributed by atoms with E-state index in [0.29, 0.717) is 5.56 Å². The lowest BCUT2D eigenvalue weighted by Crippen LogP contribution is -2.06. The molecule has 0 spiro atoms. The minimum absolute atomic E-state index is 0. The van der Waals surface area contributed by atoms with E-state index in [1.807, 2.05) is 13.0 Å². The maximum Gasteiger partial charge on any atom is 0.101 e. The molecule has 0 aliphatic heterocycles. The minimum atomic E-state index is -0.0669. The van der Waals surface area contributed by atoms with E-state index in [0.717, 1.165) is 5.69 Å². The van der Waals surface area contributed by atoms with Gasteiger partial charge in [0.2, 0.25) is 0 Å². The van der Waals surface area contributed by atoms with Crippen LogP contribution >= 0.6 is 24.8 Å². The van der Waals surface area contributed by atoms with Gasteiger partial charge in [0.25, 0.3) is 0 Å². The van der Waals surface area contributed by atoms with Gasteiger partial charge in [0.15, 0.2) is 0 Å². The molecule has 1 aromatic heterocycles. The second kappa shape index (κ2) is 6.67. The van der Waals surface area contributed by atoms with Gasteiger partial charge < -0.3 is 5.73 Å². The van der Waals surface area contributed by atoms with Crippen molar-refractivity contribution in [3.05, 3.63) is 29.6 Å². The Morgan fingerprint density at radius 3 is 2.38 bits per heavy atom. The predicted octanol–water partition coefficient (Wildman–Crippen LogP) is 1.82. The maximum atomic E-state index is 8.45. The molecule has 0 amide bonds. The summed E-state index contributed by atoms with van der Waals surface area (Å²) in [6, 6.07) is 5.40. The summed E-state index contributed by atoms with van der Waals surface area (Å²) >= 11 is 0. The maximum absolute atomic E-state index is 8.45. The van der Waals surface area contributed by atoms with Gasteiger partial charge in [-0.05, 0) is 19.1 Å². The zero-order chi connectivity index (χ0) is 8.27. The zero-order valence-corrected chi connectivity index (χ0v) is 8.73. The van der Waals surface area contributed by atoms with E-state index in [9.17, 15) is 0 Å². The third kappa shape index (κ3) is 4.09. The molecule has 3 nitrogen and oxygen atoms in total. The molecule has 0 fully saturated rings. The van der Waals surface area contributed by atoms with Crippen molar-refractivity contribution in [2.24, 2.45) is 5.73 Å². The first-order valence-electron chi connectivity index (χ1n) is 3.35. The van der Waals surface area contributed by atoms with Crippen molar-refractivity contribution in [1.82, 2.24) is 4.98 Å². The Kier molecular flexibility index (Phi) is 7.54. The number of halogens is 2. The van der Waals surface area contributed by atoms with Gasteiger partial charge >= 0.3 is 0 Å². The molecule has 0 saturated carbocycles. The first-order valence-corrected chi connectivity index (χ1v) is 3.35. The van der Waals surface area contributed by atoms with Crippen molar-refractivity contribution in [1.29, 1.82) is 5.26 Å². The molecule has 1 rings (SSSR count). The van der Waals surface area contributed by atoms with E-state index < -0.39 is 0 Å². The van der Waals surface area contributed by atoms with Gasteiger partial charge in [-0.25, -0.2) is 0 Å². The zero-order valence-electron chi connectivity index (χ0n) is 7.10. The van der Waals surface area contributed by atoms with Gasteiger partial charge in [0, 0.05) is 12.2 Å². The molecule has 0 radical (unpaired) electrons. The van der Waals surface area contributed by atoms with E-state index >= 15 is 0 Å². The number of nitriles is 1. The Morgan fingerprint density at radius 1 is 1.46 bits per heavy atom. The molecule has 72 valence electrons. The monoisotopic (exact) mass is 219 g/mol. The second-order valence-corrected chi connectivity index (χ2v) is 2.37. The minimum Gasteiger partial charge on any atom is -0.323 e. The number of nitrogens with two attached hydrogens (primary N) is 1. The number of hydrogen-bond acceptors (Lipinski definition) is 3. The van der Waals surface area contributed by atoms with Crippen molar-refractivity contribution < 1.29 is 0 Å². The summed E-state index contributed by atoms with van der Waals surface area (Å²) < 4.78 is 0. The molecule has 0 bridgehead atoms. The molecule has 1 heterocycles. The number of nitrogens with zero attached hydrogens (tertiary/aromatic N) is 2. The molecular formula is C8H11Cl2N3. The van der Waals surface area contributed by atoms with Crippen molar-refractivity contribution in [2.45, 2.75) is 13.0 Å². The molecule has 0 saturated heterocycles.